The average molecular weight is 289 g/mol. The van der Waals surface area contributed by atoms with Gasteiger partial charge in [0.25, 0.3) is 0 Å². The van der Waals surface area contributed by atoms with E-state index in [1.807, 2.05) is 7.05 Å². The van der Waals surface area contributed by atoms with Crippen molar-refractivity contribution in [2.45, 2.75) is 53.5 Å². The van der Waals surface area contributed by atoms with Gasteiger partial charge in [0, 0.05) is 25.3 Å². The van der Waals surface area contributed by atoms with Gasteiger partial charge in [-0.25, -0.2) is 4.98 Å². The smallest absolute Gasteiger partial charge is 0.129 e. The second kappa shape index (κ2) is 6.78. The highest BCUT2D eigenvalue weighted by atomic mass is 15.2. The van der Waals surface area contributed by atoms with E-state index in [1.165, 1.54) is 24.8 Å². The lowest BCUT2D eigenvalue weighted by molar-refractivity contribution is 0.220. The summed E-state index contributed by atoms with van der Waals surface area (Å²) in [4.78, 5) is 7.25. The van der Waals surface area contributed by atoms with E-state index in [2.05, 4.69) is 50.0 Å². The van der Waals surface area contributed by atoms with Crippen molar-refractivity contribution in [2.75, 3.05) is 25.0 Å². The number of rotatable bonds is 3. The number of hydrogen-bond donors (Lipinski definition) is 1. The molecule has 0 radical (unpaired) electrons. The second-order valence-electron chi connectivity index (χ2n) is 7.49. The fourth-order valence-corrected chi connectivity index (χ4v) is 3.38. The van der Waals surface area contributed by atoms with Crippen LogP contribution in [0.5, 0.6) is 0 Å². The van der Waals surface area contributed by atoms with Gasteiger partial charge >= 0.3 is 0 Å². The molecule has 1 aromatic rings. The van der Waals surface area contributed by atoms with E-state index in [1.54, 1.807) is 0 Å². The maximum atomic E-state index is 4.77. The molecule has 118 valence electrons. The minimum atomic E-state index is 0.424. The molecule has 2 heterocycles. The molecule has 0 spiro atoms. The van der Waals surface area contributed by atoms with E-state index < -0.39 is 0 Å². The number of anilines is 1. The predicted octanol–water partition coefficient (Wildman–Crippen LogP) is 3.76. The summed E-state index contributed by atoms with van der Waals surface area (Å²) in [5.41, 5.74) is 2.87. The molecule has 2 rings (SSSR count). The number of aryl methyl sites for hydroxylation is 1. The van der Waals surface area contributed by atoms with Gasteiger partial charge in [0.1, 0.15) is 5.82 Å². The number of pyridine rings is 1. The van der Waals surface area contributed by atoms with Crippen molar-refractivity contribution in [1.29, 1.82) is 0 Å². The zero-order valence-corrected chi connectivity index (χ0v) is 14.4. The van der Waals surface area contributed by atoms with Crippen LogP contribution in [0.25, 0.3) is 0 Å². The third-order valence-electron chi connectivity index (χ3n) is 4.66. The molecular formula is C18H31N3. The Bertz CT molecular complexity index is 462. The molecule has 3 nitrogen and oxygen atoms in total. The zero-order valence-electron chi connectivity index (χ0n) is 14.4. The van der Waals surface area contributed by atoms with Crippen LogP contribution in [-0.4, -0.2) is 25.1 Å². The van der Waals surface area contributed by atoms with Crippen LogP contribution >= 0.6 is 0 Å². The van der Waals surface area contributed by atoms with Crippen molar-refractivity contribution in [3.63, 3.8) is 0 Å². The molecule has 0 saturated carbocycles. The molecule has 1 atom stereocenters. The van der Waals surface area contributed by atoms with E-state index >= 15 is 0 Å². The summed E-state index contributed by atoms with van der Waals surface area (Å²) < 4.78 is 0. The van der Waals surface area contributed by atoms with E-state index in [9.17, 15) is 0 Å². The second-order valence-corrected chi connectivity index (χ2v) is 7.49. The Balaban J connectivity index is 2.12. The molecule has 1 aromatic heterocycles. The standard InChI is InChI=1S/C18H31N3/c1-14-11-15(13-19-5)12-17(20-14)21-9-6-7-16(8-10-21)18(2,3)4/h11-12,16,19H,6-10,13H2,1-5H3. The summed E-state index contributed by atoms with van der Waals surface area (Å²) in [6, 6.07) is 4.43. The van der Waals surface area contributed by atoms with Gasteiger partial charge < -0.3 is 10.2 Å². The predicted molar refractivity (Wildman–Crippen MR) is 90.7 cm³/mol. The summed E-state index contributed by atoms with van der Waals surface area (Å²) in [5, 5.41) is 3.23. The number of hydrogen-bond acceptors (Lipinski definition) is 3. The van der Waals surface area contributed by atoms with E-state index in [4.69, 9.17) is 4.98 Å². The highest BCUT2D eigenvalue weighted by Gasteiger charge is 2.27. The van der Waals surface area contributed by atoms with Crippen LogP contribution in [0.15, 0.2) is 12.1 Å². The maximum absolute atomic E-state index is 4.77. The van der Waals surface area contributed by atoms with Crippen molar-refractivity contribution in [3.8, 4) is 0 Å². The molecule has 1 aliphatic heterocycles. The Kier molecular flexibility index (Phi) is 5.26. The fourth-order valence-electron chi connectivity index (χ4n) is 3.38. The number of aromatic nitrogens is 1. The molecule has 3 heteroatoms. The summed E-state index contributed by atoms with van der Waals surface area (Å²) >= 11 is 0. The zero-order chi connectivity index (χ0) is 15.5. The molecule has 0 aliphatic carbocycles. The molecule has 21 heavy (non-hydrogen) atoms. The van der Waals surface area contributed by atoms with E-state index in [0.717, 1.165) is 37.1 Å². The van der Waals surface area contributed by atoms with Crippen molar-refractivity contribution in [3.05, 3.63) is 23.4 Å². The molecule has 1 N–H and O–H groups in total. The monoisotopic (exact) mass is 289 g/mol. The Labute approximate surface area is 130 Å². The van der Waals surface area contributed by atoms with Gasteiger partial charge in [0.2, 0.25) is 0 Å². The molecule has 0 amide bonds. The Hall–Kier alpha value is -1.09. The van der Waals surface area contributed by atoms with Crippen LogP contribution in [0.2, 0.25) is 0 Å². The quantitative estimate of drug-likeness (QED) is 0.918. The first-order valence-electron chi connectivity index (χ1n) is 8.27. The van der Waals surface area contributed by atoms with Crippen LogP contribution in [0.4, 0.5) is 5.82 Å². The third kappa shape index (κ3) is 4.44. The van der Waals surface area contributed by atoms with E-state index in [0.29, 0.717) is 5.41 Å². The van der Waals surface area contributed by atoms with Crippen LogP contribution in [0.1, 0.15) is 51.3 Å². The highest BCUT2D eigenvalue weighted by molar-refractivity contribution is 5.42. The molecule has 0 aromatic carbocycles. The van der Waals surface area contributed by atoms with Gasteiger partial charge in [-0.2, -0.15) is 0 Å². The van der Waals surface area contributed by atoms with Crippen LogP contribution < -0.4 is 10.2 Å². The molecule has 0 bridgehead atoms. The minimum Gasteiger partial charge on any atom is -0.357 e. The molecule has 1 fully saturated rings. The van der Waals surface area contributed by atoms with Gasteiger partial charge in [-0.15, -0.1) is 0 Å². The van der Waals surface area contributed by atoms with Crippen molar-refractivity contribution in [2.24, 2.45) is 11.3 Å². The highest BCUT2D eigenvalue weighted by Crippen LogP contribution is 2.35. The largest absolute Gasteiger partial charge is 0.357 e. The lowest BCUT2D eigenvalue weighted by Crippen LogP contribution is -2.27. The average Bonchev–Trinajstić information content (AvgIpc) is 2.63. The first kappa shape index (κ1) is 16.3. The van der Waals surface area contributed by atoms with Crippen LogP contribution in [0.3, 0.4) is 0 Å². The SMILES string of the molecule is CNCc1cc(C)nc(N2CCCC(C(C)(C)C)CC2)c1. The topological polar surface area (TPSA) is 28.2 Å². The van der Waals surface area contributed by atoms with Crippen molar-refractivity contribution < 1.29 is 0 Å². The Morgan fingerprint density at radius 2 is 2.00 bits per heavy atom. The maximum Gasteiger partial charge on any atom is 0.129 e. The summed E-state index contributed by atoms with van der Waals surface area (Å²) in [6.45, 7) is 12.4. The normalized spacial score (nSPS) is 20.4. The Morgan fingerprint density at radius 3 is 2.67 bits per heavy atom. The van der Waals surface area contributed by atoms with Gasteiger partial charge in [0.05, 0.1) is 0 Å². The first-order valence-corrected chi connectivity index (χ1v) is 8.27. The summed E-state index contributed by atoms with van der Waals surface area (Å²) in [6.07, 6.45) is 3.90. The molecule has 1 aliphatic rings. The fraction of sp³-hybridized carbons (Fsp3) is 0.722. The van der Waals surface area contributed by atoms with Crippen LogP contribution in [-0.2, 0) is 6.54 Å². The minimum absolute atomic E-state index is 0.424. The van der Waals surface area contributed by atoms with E-state index in [-0.39, 0.29) is 0 Å². The molecular weight excluding hydrogens is 258 g/mol. The van der Waals surface area contributed by atoms with Gasteiger partial charge in [-0.1, -0.05) is 20.8 Å². The third-order valence-corrected chi connectivity index (χ3v) is 4.66. The van der Waals surface area contributed by atoms with Crippen molar-refractivity contribution in [1.82, 2.24) is 10.3 Å². The van der Waals surface area contributed by atoms with Gasteiger partial charge in [-0.05, 0) is 62.3 Å². The van der Waals surface area contributed by atoms with Crippen LogP contribution in [0, 0.1) is 18.3 Å². The van der Waals surface area contributed by atoms with Crippen molar-refractivity contribution >= 4 is 5.82 Å². The molecule has 1 saturated heterocycles. The summed E-state index contributed by atoms with van der Waals surface area (Å²) in [7, 11) is 2.00. The van der Waals surface area contributed by atoms with Gasteiger partial charge in [-0.3, -0.25) is 0 Å². The number of nitrogens with zero attached hydrogens (tertiary/aromatic N) is 2. The lowest BCUT2D eigenvalue weighted by atomic mass is 9.77. The summed E-state index contributed by atoms with van der Waals surface area (Å²) in [5.74, 6) is 1.99. The lowest BCUT2D eigenvalue weighted by Gasteiger charge is -2.30. The van der Waals surface area contributed by atoms with Gasteiger partial charge in [0.15, 0.2) is 0 Å². The molecule has 1 unspecified atom stereocenters. The number of nitrogens with one attached hydrogen (secondary N) is 1. The Morgan fingerprint density at radius 1 is 1.24 bits per heavy atom. The first-order chi connectivity index (χ1) is 9.90.